The molecule has 0 spiro atoms. The first-order valence-corrected chi connectivity index (χ1v) is 7.57. The number of anilines is 1. The van der Waals surface area contributed by atoms with E-state index in [-0.39, 0.29) is 23.6 Å². The zero-order valence-electron chi connectivity index (χ0n) is 12.8. The molecule has 1 aliphatic rings. The van der Waals surface area contributed by atoms with Crippen molar-refractivity contribution in [2.45, 2.75) is 50.5 Å². The lowest BCUT2D eigenvalue weighted by atomic mass is 9.95. The molecule has 1 fully saturated rings. The summed E-state index contributed by atoms with van der Waals surface area (Å²) < 4.78 is 76.9. The molecule has 1 aromatic carbocycles. The lowest BCUT2D eigenvalue weighted by Gasteiger charge is -2.25. The van der Waals surface area contributed by atoms with Crippen molar-refractivity contribution in [3.8, 4) is 0 Å². The van der Waals surface area contributed by atoms with E-state index in [2.05, 4.69) is 17.2 Å². The second-order valence-electron chi connectivity index (χ2n) is 5.88. The van der Waals surface area contributed by atoms with E-state index in [1.807, 2.05) is 0 Å². The van der Waals surface area contributed by atoms with E-state index in [0.29, 0.717) is 12.1 Å². The maximum atomic E-state index is 12.8. The van der Waals surface area contributed by atoms with Crippen LogP contribution in [-0.4, -0.2) is 6.04 Å². The van der Waals surface area contributed by atoms with Crippen LogP contribution < -0.4 is 10.6 Å². The lowest BCUT2D eigenvalue weighted by molar-refractivity contribution is -0.143. The lowest BCUT2D eigenvalue weighted by Crippen LogP contribution is -2.32. The standard InChI is InChI=1S/C16H18F6N2/c1-10(23-13-5-3-2-4-6-13)24-14-8-11(15(17,18)19)7-12(9-14)16(20,21)22/h7-9,13,23-24H,1-6H2. The fourth-order valence-electron chi connectivity index (χ4n) is 2.73. The van der Waals surface area contributed by atoms with Gasteiger partial charge in [-0.05, 0) is 31.0 Å². The summed E-state index contributed by atoms with van der Waals surface area (Å²) in [5.41, 5.74) is -3.01. The van der Waals surface area contributed by atoms with Gasteiger partial charge in [0, 0.05) is 11.7 Å². The van der Waals surface area contributed by atoms with Crippen LogP contribution in [0.2, 0.25) is 0 Å². The van der Waals surface area contributed by atoms with Crippen LogP contribution in [0.25, 0.3) is 0 Å². The highest BCUT2D eigenvalue weighted by atomic mass is 19.4. The molecule has 134 valence electrons. The van der Waals surface area contributed by atoms with Gasteiger partial charge in [0.2, 0.25) is 0 Å². The Balaban J connectivity index is 2.17. The fraction of sp³-hybridized carbons (Fsp3) is 0.500. The van der Waals surface area contributed by atoms with Gasteiger partial charge < -0.3 is 10.6 Å². The summed E-state index contributed by atoms with van der Waals surface area (Å²) in [6.45, 7) is 3.64. The Kier molecular flexibility index (Phi) is 5.35. The second-order valence-corrected chi connectivity index (χ2v) is 5.88. The molecule has 24 heavy (non-hydrogen) atoms. The molecule has 1 aliphatic carbocycles. The molecule has 2 N–H and O–H groups in total. The maximum Gasteiger partial charge on any atom is 0.416 e. The highest BCUT2D eigenvalue weighted by Crippen LogP contribution is 2.37. The number of benzene rings is 1. The smallest absolute Gasteiger partial charge is 0.369 e. The summed E-state index contributed by atoms with van der Waals surface area (Å²) in [7, 11) is 0. The van der Waals surface area contributed by atoms with Crippen LogP contribution in [-0.2, 0) is 12.4 Å². The van der Waals surface area contributed by atoms with E-state index in [4.69, 9.17) is 0 Å². The summed E-state index contributed by atoms with van der Waals surface area (Å²) in [5.74, 6) is 0.189. The summed E-state index contributed by atoms with van der Waals surface area (Å²) in [6, 6.07) is 1.51. The third-order valence-electron chi connectivity index (χ3n) is 3.87. The van der Waals surface area contributed by atoms with E-state index >= 15 is 0 Å². The van der Waals surface area contributed by atoms with Gasteiger partial charge in [0.05, 0.1) is 16.9 Å². The van der Waals surface area contributed by atoms with Gasteiger partial charge in [-0.15, -0.1) is 0 Å². The molecule has 0 heterocycles. The number of hydrogen-bond donors (Lipinski definition) is 2. The molecule has 2 rings (SSSR count). The van der Waals surface area contributed by atoms with Gasteiger partial charge in [-0.2, -0.15) is 26.3 Å². The Bertz CT molecular complexity index is 553. The van der Waals surface area contributed by atoms with E-state index < -0.39 is 23.5 Å². The molecule has 8 heteroatoms. The molecular formula is C16H18F6N2. The molecule has 0 amide bonds. The topological polar surface area (TPSA) is 24.1 Å². The van der Waals surface area contributed by atoms with Gasteiger partial charge in [0.15, 0.2) is 0 Å². The predicted octanol–water partition coefficient (Wildman–Crippen LogP) is 5.53. The molecule has 2 nitrogen and oxygen atoms in total. The maximum absolute atomic E-state index is 12.8. The molecule has 1 aromatic rings. The predicted molar refractivity (Wildman–Crippen MR) is 79.2 cm³/mol. The summed E-state index contributed by atoms with van der Waals surface area (Å²) >= 11 is 0. The molecule has 0 aromatic heterocycles. The van der Waals surface area contributed by atoms with Gasteiger partial charge in [0.1, 0.15) is 0 Å². The molecule has 0 aliphatic heterocycles. The first kappa shape index (κ1) is 18.5. The van der Waals surface area contributed by atoms with E-state index in [1.165, 1.54) is 0 Å². The van der Waals surface area contributed by atoms with Gasteiger partial charge in [-0.25, -0.2) is 0 Å². The molecule has 0 saturated heterocycles. The first-order chi connectivity index (χ1) is 11.1. The summed E-state index contributed by atoms with van der Waals surface area (Å²) in [5, 5.41) is 5.52. The van der Waals surface area contributed by atoms with Gasteiger partial charge in [-0.1, -0.05) is 25.8 Å². The van der Waals surface area contributed by atoms with Crippen LogP contribution in [0.4, 0.5) is 32.0 Å². The number of rotatable bonds is 4. The Morgan fingerprint density at radius 2 is 1.38 bits per heavy atom. The van der Waals surface area contributed by atoms with Crippen LogP contribution in [0.15, 0.2) is 30.6 Å². The van der Waals surface area contributed by atoms with E-state index in [0.717, 1.165) is 32.1 Å². The zero-order chi connectivity index (χ0) is 18.0. The van der Waals surface area contributed by atoms with Crippen molar-refractivity contribution in [1.29, 1.82) is 0 Å². The van der Waals surface area contributed by atoms with E-state index in [9.17, 15) is 26.3 Å². The van der Waals surface area contributed by atoms with Crippen molar-refractivity contribution in [2.24, 2.45) is 0 Å². The Morgan fingerprint density at radius 1 is 0.875 bits per heavy atom. The molecule has 0 atom stereocenters. The van der Waals surface area contributed by atoms with Crippen LogP contribution in [0, 0.1) is 0 Å². The summed E-state index contributed by atoms with van der Waals surface area (Å²) in [6.07, 6.45) is -4.74. The van der Waals surface area contributed by atoms with Crippen molar-refractivity contribution in [3.63, 3.8) is 0 Å². The number of nitrogens with one attached hydrogen (secondary N) is 2. The monoisotopic (exact) mass is 352 g/mol. The highest BCUT2D eigenvalue weighted by molar-refractivity contribution is 5.53. The molecule has 0 unspecified atom stereocenters. The minimum Gasteiger partial charge on any atom is -0.369 e. The highest BCUT2D eigenvalue weighted by Gasteiger charge is 2.37. The van der Waals surface area contributed by atoms with Crippen LogP contribution >= 0.6 is 0 Å². The molecular weight excluding hydrogens is 334 g/mol. The Morgan fingerprint density at radius 3 is 1.83 bits per heavy atom. The van der Waals surface area contributed by atoms with Crippen molar-refractivity contribution in [1.82, 2.24) is 5.32 Å². The quantitative estimate of drug-likeness (QED) is 0.696. The van der Waals surface area contributed by atoms with Crippen molar-refractivity contribution in [3.05, 3.63) is 41.7 Å². The van der Waals surface area contributed by atoms with Crippen molar-refractivity contribution < 1.29 is 26.3 Å². The van der Waals surface area contributed by atoms with Gasteiger partial charge in [0.25, 0.3) is 0 Å². The van der Waals surface area contributed by atoms with Crippen LogP contribution in [0.5, 0.6) is 0 Å². The number of alkyl halides is 6. The Hall–Kier alpha value is -1.86. The van der Waals surface area contributed by atoms with Gasteiger partial charge in [-0.3, -0.25) is 0 Å². The zero-order valence-corrected chi connectivity index (χ0v) is 12.8. The normalized spacial score (nSPS) is 16.8. The van der Waals surface area contributed by atoms with Crippen LogP contribution in [0.3, 0.4) is 0 Å². The third kappa shape index (κ3) is 5.07. The summed E-state index contributed by atoms with van der Waals surface area (Å²) in [4.78, 5) is 0. The Labute approximate surface area is 135 Å². The molecule has 1 saturated carbocycles. The molecule has 0 bridgehead atoms. The third-order valence-corrected chi connectivity index (χ3v) is 3.87. The van der Waals surface area contributed by atoms with Crippen molar-refractivity contribution in [2.75, 3.05) is 5.32 Å². The van der Waals surface area contributed by atoms with Crippen LogP contribution in [0.1, 0.15) is 43.2 Å². The van der Waals surface area contributed by atoms with E-state index in [1.54, 1.807) is 0 Å². The largest absolute Gasteiger partial charge is 0.416 e. The number of hydrogen-bond acceptors (Lipinski definition) is 2. The minimum absolute atomic E-state index is 0.0997. The average Bonchev–Trinajstić information content (AvgIpc) is 2.46. The SMILES string of the molecule is C=C(Nc1cc(C(F)(F)F)cc(C(F)(F)F)c1)NC1CCCCC1. The average molecular weight is 352 g/mol. The minimum atomic E-state index is -4.87. The number of halogens is 6. The van der Waals surface area contributed by atoms with Gasteiger partial charge >= 0.3 is 12.4 Å². The fourth-order valence-corrected chi connectivity index (χ4v) is 2.73. The first-order valence-electron chi connectivity index (χ1n) is 7.57. The van der Waals surface area contributed by atoms with Crippen molar-refractivity contribution >= 4 is 5.69 Å². The molecule has 0 radical (unpaired) electrons. The second kappa shape index (κ2) is 6.94.